The van der Waals surface area contributed by atoms with Crippen molar-refractivity contribution < 1.29 is 22.0 Å². The van der Waals surface area contributed by atoms with Crippen LogP contribution in [0.3, 0.4) is 0 Å². The number of hydrogen-bond donors (Lipinski definition) is 1. The van der Waals surface area contributed by atoms with E-state index >= 15 is 0 Å². The summed E-state index contributed by atoms with van der Waals surface area (Å²) in [5.41, 5.74) is -1.22. The van der Waals surface area contributed by atoms with Gasteiger partial charge in [0, 0.05) is 15.5 Å². The molecule has 0 fully saturated rings. The highest BCUT2D eigenvalue weighted by Crippen LogP contribution is 2.38. The largest absolute Gasteiger partial charge is 0.417 e. The molecular formula is C16H15ClF5NS. The number of anilines is 1. The molecule has 1 nitrogen and oxygen atoms in total. The number of nitrogens with one attached hydrogen (secondary N) is 1. The Hall–Kier alpha value is -1.47. The van der Waals surface area contributed by atoms with Crippen molar-refractivity contribution in [3.05, 3.63) is 58.1 Å². The van der Waals surface area contributed by atoms with Crippen LogP contribution in [0.5, 0.6) is 0 Å². The highest BCUT2D eigenvalue weighted by Gasteiger charge is 2.33. The third-order valence-electron chi connectivity index (χ3n) is 2.84. The molecule has 0 radical (unpaired) electrons. The second kappa shape index (κ2) is 8.58. The van der Waals surface area contributed by atoms with Crippen LogP contribution in [0, 0.1) is 18.6 Å². The molecule has 2 aromatic rings. The highest BCUT2D eigenvalue weighted by atomic mass is 35.5. The maximum absolute atomic E-state index is 13.8. The van der Waals surface area contributed by atoms with Crippen LogP contribution < -0.4 is 4.72 Å². The molecule has 0 saturated carbocycles. The fourth-order valence-electron chi connectivity index (χ4n) is 1.67. The fraction of sp³-hybridized carbons (Fsp3) is 0.250. The Morgan fingerprint density at radius 1 is 1.04 bits per heavy atom. The van der Waals surface area contributed by atoms with E-state index in [0.717, 1.165) is 30.3 Å². The topological polar surface area (TPSA) is 12.0 Å². The van der Waals surface area contributed by atoms with Crippen LogP contribution in [-0.2, 0) is 6.18 Å². The lowest BCUT2D eigenvalue weighted by molar-refractivity contribution is -0.139. The lowest BCUT2D eigenvalue weighted by atomic mass is 10.2. The Bertz CT molecular complexity index is 704. The van der Waals surface area contributed by atoms with Crippen LogP contribution in [0.15, 0.2) is 35.2 Å². The minimum absolute atomic E-state index is 0.114. The van der Waals surface area contributed by atoms with Crippen LogP contribution in [0.25, 0.3) is 0 Å². The number of rotatable bonds is 3. The van der Waals surface area contributed by atoms with Gasteiger partial charge in [-0.05, 0) is 49.2 Å². The van der Waals surface area contributed by atoms with Gasteiger partial charge in [-0.3, -0.25) is 0 Å². The summed E-state index contributed by atoms with van der Waals surface area (Å²) in [6.07, 6.45) is -4.56. The van der Waals surface area contributed by atoms with E-state index in [1.165, 1.54) is 6.92 Å². The van der Waals surface area contributed by atoms with E-state index < -0.39 is 23.4 Å². The predicted molar refractivity (Wildman–Crippen MR) is 88.4 cm³/mol. The Balaban J connectivity index is 0.00000139. The summed E-state index contributed by atoms with van der Waals surface area (Å²) >= 11 is 6.25. The fourth-order valence-corrected chi connectivity index (χ4v) is 2.76. The van der Waals surface area contributed by atoms with Crippen molar-refractivity contribution >= 4 is 29.2 Å². The predicted octanol–water partition coefficient (Wildman–Crippen LogP) is 7.09. The van der Waals surface area contributed by atoms with Crippen molar-refractivity contribution in [1.82, 2.24) is 0 Å². The quantitative estimate of drug-likeness (QED) is 0.448. The van der Waals surface area contributed by atoms with E-state index in [1.807, 2.05) is 13.8 Å². The SMILES string of the molecule is CC.Cc1c(F)ccc(NSc2cc(Cl)ccc2C(F)(F)F)c1F. The second-order valence-corrected chi connectivity index (χ2v) is 5.66. The molecule has 0 spiro atoms. The zero-order valence-corrected chi connectivity index (χ0v) is 14.6. The summed E-state index contributed by atoms with van der Waals surface area (Å²) in [4.78, 5) is -0.207. The third-order valence-corrected chi connectivity index (χ3v) is 3.96. The standard InChI is InChI=1S/C14H9ClF5NS.C2H6/c1-7-10(16)4-5-11(13(7)17)21-22-12-6-8(15)2-3-9(12)14(18,19)20;1-2/h2-6,21H,1H3;1-2H3. The van der Waals surface area contributed by atoms with Gasteiger partial charge < -0.3 is 4.72 Å². The van der Waals surface area contributed by atoms with E-state index in [-0.39, 0.29) is 21.2 Å². The Morgan fingerprint density at radius 3 is 2.25 bits per heavy atom. The van der Waals surface area contributed by atoms with Gasteiger partial charge in [0.1, 0.15) is 5.82 Å². The Kier molecular flexibility index (Phi) is 7.35. The lowest BCUT2D eigenvalue weighted by Crippen LogP contribution is -2.07. The number of alkyl halides is 3. The van der Waals surface area contributed by atoms with Crippen LogP contribution in [0.1, 0.15) is 25.0 Å². The normalized spacial score (nSPS) is 10.9. The van der Waals surface area contributed by atoms with Gasteiger partial charge in [-0.25, -0.2) is 8.78 Å². The molecule has 0 aromatic heterocycles. The zero-order chi connectivity index (χ0) is 18.5. The molecule has 24 heavy (non-hydrogen) atoms. The van der Waals surface area contributed by atoms with E-state index in [4.69, 9.17) is 11.6 Å². The summed E-state index contributed by atoms with van der Waals surface area (Å²) in [6.45, 7) is 5.24. The molecule has 0 aliphatic rings. The van der Waals surface area contributed by atoms with Crippen LogP contribution in [-0.4, -0.2) is 0 Å². The van der Waals surface area contributed by atoms with Crippen LogP contribution in [0.2, 0.25) is 5.02 Å². The molecule has 2 aromatic carbocycles. The first kappa shape index (κ1) is 20.6. The average Bonchev–Trinajstić information content (AvgIpc) is 2.53. The smallest absolute Gasteiger partial charge is 0.323 e. The van der Waals surface area contributed by atoms with Gasteiger partial charge >= 0.3 is 6.18 Å². The van der Waals surface area contributed by atoms with Crippen molar-refractivity contribution in [2.75, 3.05) is 4.72 Å². The van der Waals surface area contributed by atoms with Crippen molar-refractivity contribution in [3.8, 4) is 0 Å². The van der Waals surface area contributed by atoms with Gasteiger partial charge in [-0.1, -0.05) is 25.4 Å². The second-order valence-electron chi connectivity index (χ2n) is 4.38. The summed E-state index contributed by atoms with van der Waals surface area (Å²) in [6, 6.07) is 5.23. The molecule has 2 rings (SSSR count). The maximum atomic E-state index is 13.8. The van der Waals surface area contributed by atoms with E-state index in [0.29, 0.717) is 11.9 Å². The summed E-state index contributed by atoms with van der Waals surface area (Å²) < 4.78 is 68.1. The molecule has 0 heterocycles. The first-order valence-corrected chi connectivity index (χ1v) is 8.14. The van der Waals surface area contributed by atoms with Gasteiger partial charge in [0.15, 0.2) is 5.82 Å². The molecule has 0 aliphatic heterocycles. The minimum Gasteiger partial charge on any atom is -0.323 e. The number of benzene rings is 2. The third kappa shape index (κ3) is 5.01. The summed E-state index contributed by atoms with van der Waals surface area (Å²) in [5.74, 6) is -1.59. The first-order valence-electron chi connectivity index (χ1n) is 6.94. The molecular weight excluding hydrogens is 369 g/mol. The molecule has 132 valence electrons. The molecule has 0 bridgehead atoms. The maximum Gasteiger partial charge on any atom is 0.417 e. The van der Waals surface area contributed by atoms with Gasteiger partial charge in [0.2, 0.25) is 0 Å². The van der Waals surface area contributed by atoms with Crippen LogP contribution >= 0.6 is 23.5 Å². The van der Waals surface area contributed by atoms with Crippen LogP contribution in [0.4, 0.5) is 27.6 Å². The Morgan fingerprint density at radius 2 is 1.67 bits per heavy atom. The van der Waals surface area contributed by atoms with Crippen molar-refractivity contribution in [3.63, 3.8) is 0 Å². The molecule has 8 heteroatoms. The van der Waals surface area contributed by atoms with Crippen molar-refractivity contribution in [2.45, 2.75) is 31.8 Å². The van der Waals surface area contributed by atoms with Crippen molar-refractivity contribution in [1.29, 1.82) is 0 Å². The molecule has 0 saturated heterocycles. The summed E-state index contributed by atoms with van der Waals surface area (Å²) in [7, 11) is 0. The molecule has 0 atom stereocenters. The monoisotopic (exact) mass is 383 g/mol. The van der Waals surface area contributed by atoms with Gasteiger partial charge in [-0.2, -0.15) is 13.2 Å². The first-order chi connectivity index (χ1) is 11.2. The van der Waals surface area contributed by atoms with E-state index in [9.17, 15) is 22.0 Å². The number of hydrogen-bond acceptors (Lipinski definition) is 2. The lowest BCUT2D eigenvalue weighted by Gasteiger charge is -2.14. The molecule has 1 N–H and O–H groups in total. The summed E-state index contributed by atoms with van der Waals surface area (Å²) in [5, 5.41) is 0.119. The molecule has 0 unspecified atom stereocenters. The van der Waals surface area contributed by atoms with Gasteiger partial charge in [0.25, 0.3) is 0 Å². The van der Waals surface area contributed by atoms with Gasteiger partial charge in [-0.15, -0.1) is 0 Å². The van der Waals surface area contributed by atoms with Gasteiger partial charge in [0.05, 0.1) is 11.3 Å². The molecule has 0 aliphatic carbocycles. The Labute approximate surface area is 146 Å². The van der Waals surface area contributed by atoms with E-state index in [2.05, 4.69) is 4.72 Å². The minimum atomic E-state index is -4.56. The zero-order valence-electron chi connectivity index (χ0n) is 13.1. The van der Waals surface area contributed by atoms with E-state index in [1.54, 1.807) is 0 Å². The van der Waals surface area contributed by atoms with Crippen molar-refractivity contribution in [2.24, 2.45) is 0 Å². The molecule has 0 amide bonds. The number of halogens is 6. The average molecular weight is 384 g/mol. The highest BCUT2D eigenvalue weighted by molar-refractivity contribution is 8.00.